The van der Waals surface area contributed by atoms with Crippen LogP contribution >= 0.6 is 11.8 Å². The summed E-state index contributed by atoms with van der Waals surface area (Å²) in [5.41, 5.74) is 8.22. The van der Waals surface area contributed by atoms with E-state index >= 15 is 0 Å². The summed E-state index contributed by atoms with van der Waals surface area (Å²) in [6, 6.07) is 50.2. The molecule has 5 nitrogen and oxygen atoms in total. The van der Waals surface area contributed by atoms with E-state index in [9.17, 15) is 0 Å². The van der Waals surface area contributed by atoms with Crippen LogP contribution in [0.2, 0.25) is 0 Å². The molecular formula is C46H48O5S. The first-order chi connectivity index (χ1) is 25.7. The van der Waals surface area contributed by atoms with Crippen molar-refractivity contribution >= 4 is 17.3 Å². The third-order valence-corrected chi connectivity index (χ3v) is 11.3. The van der Waals surface area contributed by atoms with E-state index in [1.807, 2.05) is 48.5 Å². The van der Waals surface area contributed by atoms with Crippen molar-refractivity contribution < 1.29 is 23.7 Å². The average Bonchev–Trinajstić information content (AvgIpc) is 3.21. The highest BCUT2D eigenvalue weighted by molar-refractivity contribution is 8.01. The normalized spacial score (nSPS) is 23.0. The van der Waals surface area contributed by atoms with E-state index in [1.165, 1.54) is 16.7 Å². The van der Waals surface area contributed by atoms with Gasteiger partial charge in [-0.25, -0.2) is 0 Å². The Balaban J connectivity index is 1.29. The van der Waals surface area contributed by atoms with Crippen LogP contribution in [0, 0.1) is 0 Å². The van der Waals surface area contributed by atoms with E-state index in [0.717, 1.165) is 35.1 Å². The highest BCUT2D eigenvalue weighted by Crippen LogP contribution is 2.50. The van der Waals surface area contributed by atoms with Gasteiger partial charge in [0.1, 0.15) is 18.3 Å². The first-order valence-corrected chi connectivity index (χ1v) is 19.3. The number of hydrogen-bond donors (Lipinski definition) is 0. The second-order valence-corrected chi connectivity index (χ2v) is 14.9. The zero-order valence-corrected chi connectivity index (χ0v) is 30.7. The molecular weight excluding hydrogens is 665 g/mol. The van der Waals surface area contributed by atoms with E-state index in [4.69, 9.17) is 23.7 Å². The molecule has 0 radical (unpaired) electrons. The Kier molecular flexibility index (Phi) is 12.7. The standard InChI is InChI=1S/C46H48O5S/c1-2-35-24-15-25-40(28-35)41-26-27-51-46(29-41)45(50-33-39-22-13-6-14-23-39)44(49-32-38-20-11-5-12-21-38)43(48-31-37-18-9-4-10-19-37)42(52-46)34-47-30-36-16-7-3-8-17-36/h3-25,28-29,42-45H,2,26-27,30-34H2,1H3/t42-,43-,44+,45-,46+/m1/s1. The SMILES string of the molecule is CCc1cccc(C2=C[C@]3(OCC2)S[C@H](COCc2ccccc2)[C@@H](OCc2ccccc2)[C@H](OCc2ccccc2)[C@H]3OCc2ccccc2)c1. The number of benzene rings is 5. The van der Waals surface area contributed by atoms with Gasteiger partial charge in [0.2, 0.25) is 0 Å². The summed E-state index contributed by atoms with van der Waals surface area (Å²) >= 11 is 1.76. The predicted molar refractivity (Wildman–Crippen MR) is 210 cm³/mol. The molecule has 0 N–H and O–H groups in total. The van der Waals surface area contributed by atoms with Crippen molar-refractivity contribution in [2.45, 2.75) is 74.7 Å². The molecule has 0 bridgehead atoms. The van der Waals surface area contributed by atoms with Gasteiger partial charge in [0.25, 0.3) is 0 Å². The van der Waals surface area contributed by atoms with Crippen molar-refractivity contribution in [3.05, 3.63) is 185 Å². The largest absolute Gasteiger partial charge is 0.376 e. The van der Waals surface area contributed by atoms with Crippen LogP contribution in [0.25, 0.3) is 5.57 Å². The Bertz CT molecular complexity index is 1830. The third kappa shape index (κ3) is 9.31. The minimum atomic E-state index is -0.848. The van der Waals surface area contributed by atoms with Crippen molar-refractivity contribution in [3.63, 3.8) is 0 Å². The van der Waals surface area contributed by atoms with Crippen molar-refractivity contribution in [2.75, 3.05) is 13.2 Å². The van der Waals surface area contributed by atoms with Gasteiger partial charge >= 0.3 is 0 Å². The highest BCUT2D eigenvalue weighted by atomic mass is 32.2. The maximum absolute atomic E-state index is 7.06. The predicted octanol–water partition coefficient (Wildman–Crippen LogP) is 9.84. The van der Waals surface area contributed by atoms with Crippen LogP contribution in [0.5, 0.6) is 0 Å². The fourth-order valence-corrected chi connectivity index (χ4v) is 8.70. The van der Waals surface area contributed by atoms with E-state index in [0.29, 0.717) is 39.6 Å². The lowest BCUT2D eigenvalue weighted by atomic mass is 9.91. The van der Waals surface area contributed by atoms with Gasteiger partial charge in [-0.15, -0.1) is 11.8 Å². The Morgan fingerprint density at radius 1 is 0.596 bits per heavy atom. The van der Waals surface area contributed by atoms with Gasteiger partial charge in [-0.3, -0.25) is 0 Å². The van der Waals surface area contributed by atoms with E-state index in [1.54, 1.807) is 11.8 Å². The fraction of sp³-hybridized carbons (Fsp3) is 0.304. The quantitative estimate of drug-likeness (QED) is 0.108. The van der Waals surface area contributed by atoms with Crippen LogP contribution in [0.1, 0.15) is 46.7 Å². The maximum atomic E-state index is 7.06. The second kappa shape index (κ2) is 18.2. The monoisotopic (exact) mass is 712 g/mol. The minimum absolute atomic E-state index is 0.123. The van der Waals surface area contributed by atoms with Crippen LogP contribution < -0.4 is 0 Å². The number of hydrogen-bond acceptors (Lipinski definition) is 6. The van der Waals surface area contributed by atoms with Gasteiger partial charge < -0.3 is 23.7 Å². The Labute approximate surface area is 312 Å². The van der Waals surface area contributed by atoms with Crippen molar-refractivity contribution in [1.82, 2.24) is 0 Å². The molecule has 1 fully saturated rings. The number of ether oxygens (including phenoxy) is 5. The molecule has 5 aromatic carbocycles. The lowest BCUT2D eigenvalue weighted by Crippen LogP contribution is -2.63. The molecule has 0 aliphatic carbocycles. The molecule has 268 valence electrons. The van der Waals surface area contributed by atoms with E-state index in [-0.39, 0.29) is 11.4 Å². The van der Waals surface area contributed by atoms with Crippen LogP contribution in [0.15, 0.2) is 152 Å². The Morgan fingerprint density at radius 3 is 1.69 bits per heavy atom. The molecule has 5 atom stereocenters. The lowest BCUT2D eigenvalue weighted by molar-refractivity contribution is -0.198. The van der Waals surface area contributed by atoms with E-state index < -0.39 is 17.1 Å². The van der Waals surface area contributed by atoms with Gasteiger partial charge in [-0.1, -0.05) is 153 Å². The summed E-state index contributed by atoms with van der Waals surface area (Å²) in [6.45, 7) is 5.00. The summed E-state index contributed by atoms with van der Waals surface area (Å²) in [4.78, 5) is -0.848. The summed E-state index contributed by atoms with van der Waals surface area (Å²) < 4.78 is 34.6. The topological polar surface area (TPSA) is 46.2 Å². The fourth-order valence-electron chi connectivity index (χ4n) is 7.00. The molecule has 5 aromatic rings. The summed E-state index contributed by atoms with van der Waals surface area (Å²) in [7, 11) is 0. The number of rotatable bonds is 15. The van der Waals surface area contributed by atoms with E-state index in [2.05, 4.69) is 110 Å². The third-order valence-electron chi connectivity index (χ3n) is 9.74. The summed E-state index contributed by atoms with van der Waals surface area (Å²) in [6.07, 6.45) is 2.80. The number of thioether (sulfide) groups is 1. The van der Waals surface area contributed by atoms with Crippen LogP contribution in [-0.2, 0) is 56.5 Å². The Hall–Kier alpha value is -4.01. The molecule has 2 aliphatic heterocycles. The first-order valence-electron chi connectivity index (χ1n) is 18.4. The smallest absolute Gasteiger partial charge is 0.162 e. The molecule has 1 spiro atoms. The highest BCUT2D eigenvalue weighted by Gasteiger charge is 2.57. The van der Waals surface area contributed by atoms with Gasteiger partial charge in [-0.2, -0.15) is 0 Å². The summed E-state index contributed by atoms with van der Waals surface area (Å²) in [5.74, 6) is 0. The Morgan fingerprint density at radius 2 is 1.12 bits per heavy atom. The molecule has 0 amide bonds. The first kappa shape index (κ1) is 36.4. The molecule has 1 saturated heterocycles. The summed E-state index contributed by atoms with van der Waals surface area (Å²) in [5, 5.41) is -0.123. The second-order valence-electron chi connectivity index (χ2n) is 13.4. The van der Waals surface area contributed by atoms with Gasteiger partial charge in [0.15, 0.2) is 4.93 Å². The lowest BCUT2D eigenvalue weighted by Gasteiger charge is -2.52. The molecule has 52 heavy (non-hydrogen) atoms. The molecule has 2 heterocycles. The van der Waals surface area contributed by atoms with Gasteiger partial charge in [0, 0.05) is 0 Å². The molecule has 0 unspecified atom stereocenters. The minimum Gasteiger partial charge on any atom is -0.376 e. The average molecular weight is 713 g/mol. The molecule has 0 aromatic heterocycles. The van der Waals surface area contributed by atoms with Crippen LogP contribution in [0.3, 0.4) is 0 Å². The molecule has 7 rings (SSSR count). The zero-order chi connectivity index (χ0) is 35.4. The maximum Gasteiger partial charge on any atom is 0.162 e. The zero-order valence-electron chi connectivity index (χ0n) is 29.8. The van der Waals surface area contributed by atoms with Gasteiger partial charge in [-0.05, 0) is 57.9 Å². The van der Waals surface area contributed by atoms with Crippen LogP contribution in [-0.4, -0.2) is 41.7 Å². The van der Waals surface area contributed by atoms with Crippen molar-refractivity contribution in [3.8, 4) is 0 Å². The van der Waals surface area contributed by atoms with Crippen molar-refractivity contribution in [2.24, 2.45) is 0 Å². The van der Waals surface area contributed by atoms with Gasteiger partial charge in [0.05, 0.1) is 44.9 Å². The molecule has 0 saturated carbocycles. The van der Waals surface area contributed by atoms with Crippen LogP contribution in [0.4, 0.5) is 0 Å². The van der Waals surface area contributed by atoms with Crippen molar-refractivity contribution in [1.29, 1.82) is 0 Å². The molecule has 2 aliphatic rings. The number of aryl methyl sites for hydroxylation is 1. The molecule has 6 heteroatoms.